The highest BCUT2D eigenvalue weighted by molar-refractivity contribution is 7.70. The Labute approximate surface area is 166 Å². The molecule has 2 heterocycles. The van der Waals surface area contributed by atoms with Crippen LogP contribution >= 0.6 is 0 Å². The number of rotatable bonds is 7. The molecule has 1 aromatic carbocycles. The molecular formula is C19H24N4O4S. The number of hydrogen-bond donors (Lipinski definition) is 2. The minimum Gasteiger partial charge on any atom is -0.493 e. The summed E-state index contributed by atoms with van der Waals surface area (Å²) in [5.74, 6) is 1.66. The second-order valence-corrected chi connectivity index (χ2v) is 7.57. The van der Waals surface area contributed by atoms with Crippen LogP contribution in [0.15, 0.2) is 18.3 Å². The van der Waals surface area contributed by atoms with Gasteiger partial charge in [0.25, 0.3) is 0 Å². The molecule has 1 aliphatic rings. The van der Waals surface area contributed by atoms with Gasteiger partial charge < -0.3 is 14.4 Å². The van der Waals surface area contributed by atoms with Gasteiger partial charge in [-0.1, -0.05) is 0 Å². The van der Waals surface area contributed by atoms with Crippen LogP contribution in [0.4, 0.5) is 5.69 Å². The second kappa shape index (κ2) is 9.08. The van der Waals surface area contributed by atoms with Crippen molar-refractivity contribution in [3.8, 4) is 17.6 Å². The highest BCUT2D eigenvalue weighted by atomic mass is 32.2. The van der Waals surface area contributed by atoms with E-state index in [0.717, 1.165) is 48.9 Å². The number of pyridine rings is 1. The van der Waals surface area contributed by atoms with Gasteiger partial charge >= 0.3 is 0 Å². The van der Waals surface area contributed by atoms with Crippen molar-refractivity contribution in [2.24, 2.45) is 5.92 Å². The molecule has 0 bridgehead atoms. The van der Waals surface area contributed by atoms with Gasteiger partial charge in [-0.2, -0.15) is 5.26 Å². The van der Waals surface area contributed by atoms with E-state index >= 15 is 0 Å². The SMILES string of the molecule is COc1cc2ncc(C#N)c(N3CCC(CCN[SH](=O)=O)CC3)c2cc1OC. The average molecular weight is 404 g/mol. The molecule has 3 rings (SSSR count). The van der Waals surface area contributed by atoms with Crippen LogP contribution in [0.3, 0.4) is 0 Å². The van der Waals surface area contributed by atoms with E-state index in [-0.39, 0.29) is 0 Å². The highest BCUT2D eigenvalue weighted by Crippen LogP contribution is 2.38. The quantitative estimate of drug-likeness (QED) is 0.679. The van der Waals surface area contributed by atoms with E-state index in [4.69, 9.17) is 9.47 Å². The molecule has 1 aromatic heterocycles. The summed E-state index contributed by atoms with van der Waals surface area (Å²) < 4.78 is 34.5. The highest BCUT2D eigenvalue weighted by Gasteiger charge is 2.24. The molecule has 0 atom stereocenters. The Kier molecular flexibility index (Phi) is 6.54. The maximum absolute atomic E-state index is 10.6. The second-order valence-electron chi connectivity index (χ2n) is 6.74. The zero-order chi connectivity index (χ0) is 20.1. The van der Waals surface area contributed by atoms with Crippen molar-refractivity contribution in [2.75, 3.05) is 38.8 Å². The van der Waals surface area contributed by atoms with Crippen molar-refractivity contribution in [3.63, 3.8) is 0 Å². The minimum absolute atomic E-state index is 0.465. The summed E-state index contributed by atoms with van der Waals surface area (Å²) in [7, 11) is 0.630. The number of nitrogens with one attached hydrogen (secondary N) is 1. The molecule has 0 unspecified atom stereocenters. The van der Waals surface area contributed by atoms with Crippen LogP contribution in [0.25, 0.3) is 10.9 Å². The first kappa shape index (κ1) is 20.2. The predicted molar refractivity (Wildman–Crippen MR) is 107 cm³/mol. The van der Waals surface area contributed by atoms with Gasteiger partial charge in [0.05, 0.1) is 31.0 Å². The van der Waals surface area contributed by atoms with Crippen LogP contribution in [0, 0.1) is 17.2 Å². The molecule has 28 heavy (non-hydrogen) atoms. The monoisotopic (exact) mass is 404 g/mol. The van der Waals surface area contributed by atoms with E-state index in [0.29, 0.717) is 29.5 Å². The third kappa shape index (κ3) is 4.29. The lowest BCUT2D eigenvalue weighted by atomic mass is 9.92. The number of anilines is 1. The van der Waals surface area contributed by atoms with Gasteiger partial charge in [0.2, 0.25) is 10.9 Å². The van der Waals surface area contributed by atoms with Gasteiger partial charge in [0.15, 0.2) is 11.5 Å². The third-order valence-electron chi connectivity index (χ3n) is 5.19. The van der Waals surface area contributed by atoms with Gasteiger partial charge in [-0.15, -0.1) is 0 Å². The Morgan fingerprint density at radius 3 is 2.54 bits per heavy atom. The first-order valence-electron chi connectivity index (χ1n) is 9.15. The molecule has 0 radical (unpaired) electrons. The number of aromatic nitrogens is 1. The van der Waals surface area contributed by atoms with E-state index in [1.54, 1.807) is 20.4 Å². The number of hydrogen-bond acceptors (Lipinski definition) is 7. The number of piperidine rings is 1. The third-order valence-corrected chi connectivity index (χ3v) is 5.67. The van der Waals surface area contributed by atoms with Gasteiger partial charge in [-0.3, -0.25) is 4.98 Å². The molecule has 8 nitrogen and oxygen atoms in total. The van der Waals surface area contributed by atoms with Crippen molar-refractivity contribution in [1.82, 2.24) is 9.71 Å². The predicted octanol–water partition coefficient (Wildman–Crippen LogP) is 1.85. The van der Waals surface area contributed by atoms with Crippen LogP contribution in [0.2, 0.25) is 0 Å². The van der Waals surface area contributed by atoms with Crippen LogP contribution in [-0.4, -0.2) is 47.3 Å². The molecule has 9 heteroatoms. The van der Waals surface area contributed by atoms with Crippen LogP contribution in [0.5, 0.6) is 11.5 Å². The molecular weight excluding hydrogens is 380 g/mol. The van der Waals surface area contributed by atoms with E-state index in [2.05, 4.69) is 20.7 Å². The van der Waals surface area contributed by atoms with Crippen LogP contribution in [-0.2, 0) is 10.9 Å². The van der Waals surface area contributed by atoms with Crippen LogP contribution in [0.1, 0.15) is 24.8 Å². The first-order chi connectivity index (χ1) is 13.6. The van der Waals surface area contributed by atoms with Crippen molar-refractivity contribution in [3.05, 3.63) is 23.9 Å². The van der Waals surface area contributed by atoms with E-state index in [1.807, 2.05) is 12.1 Å². The zero-order valence-corrected chi connectivity index (χ0v) is 16.9. The zero-order valence-electron chi connectivity index (χ0n) is 16.0. The fraction of sp³-hybridized carbons (Fsp3) is 0.474. The molecule has 0 saturated carbocycles. The number of fused-ring (bicyclic) bond motifs is 1. The number of nitriles is 1. The van der Waals surface area contributed by atoms with Crippen molar-refractivity contribution in [2.45, 2.75) is 19.3 Å². The number of ether oxygens (including phenoxy) is 2. The summed E-state index contributed by atoms with van der Waals surface area (Å²) in [6.07, 6.45) is 4.31. The van der Waals surface area contributed by atoms with Gasteiger partial charge in [-0.25, -0.2) is 13.1 Å². The Balaban J connectivity index is 1.87. The van der Waals surface area contributed by atoms with Gasteiger partial charge in [0, 0.05) is 37.3 Å². The van der Waals surface area contributed by atoms with E-state index < -0.39 is 10.9 Å². The van der Waals surface area contributed by atoms with Crippen molar-refractivity contribution < 1.29 is 17.9 Å². The maximum atomic E-state index is 10.6. The Bertz CT molecular complexity index is 955. The molecule has 1 N–H and O–H groups in total. The Hall–Kier alpha value is -2.57. The summed E-state index contributed by atoms with van der Waals surface area (Å²) >= 11 is 0. The first-order valence-corrected chi connectivity index (χ1v) is 10.3. The standard InChI is InChI=1S/C19H24N4O4S/c1-26-17-9-15-16(10-18(17)27-2)21-12-14(11-20)19(15)23-7-4-13(5-8-23)3-6-22-28(24)25/h9-10,12-13,28H,3-8H2,1-2H3,(H,22,24,25). The molecule has 2 aromatic rings. The number of nitrogens with zero attached hydrogens (tertiary/aromatic N) is 3. The summed E-state index contributed by atoms with van der Waals surface area (Å²) in [6, 6.07) is 5.95. The lowest BCUT2D eigenvalue weighted by molar-refractivity contribution is 0.355. The average Bonchev–Trinajstić information content (AvgIpc) is 2.72. The Morgan fingerprint density at radius 1 is 1.25 bits per heavy atom. The summed E-state index contributed by atoms with van der Waals surface area (Å²) in [5, 5.41) is 10.5. The molecule has 1 aliphatic heterocycles. The largest absolute Gasteiger partial charge is 0.493 e. The van der Waals surface area contributed by atoms with Gasteiger partial charge in [0.1, 0.15) is 6.07 Å². The minimum atomic E-state index is -2.53. The topological polar surface area (TPSA) is 105 Å². The number of methoxy groups -OCH3 is 2. The van der Waals surface area contributed by atoms with Crippen molar-refractivity contribution >= 4 is 27.5 Å². The van der Waals surface area contributed by atoms with E-state index in [1.165, 1.54) is 0 Å². The number of thiol groups is 1. The lowest BCUT2D eigenvalue weighted by Gasteiger charge is -2.34. The summed E-state index contributed by atoms with van der Waals surface area (Å²) in [5.41, 5.74) is 2.15. The van der Waals surface area contributed by atoms with E-state index in [9.17, 15) is 13.7 Å². The molecule has 0 aliphatic carbocycles. The molecule has 1 saturated heterocycles. The molecule has 1 fully saturated rings. The Morgan fingerprint density at radius 2 is 1.93 bits per heavy atom. The normalized spacial score (nSPS) is 15.0. The maximum Gasteiger partial charge on any atom is 0.201 e. The molecule has 0 spiro atoms. The summed E-state index contributed by atoms with van der Waals surface area (Å²) in [4.78, 5) is 6.63. The smallest absolute Gasteiger partial charge is 0.201 e. The number of benzene rings is 1. The lowest BCUT2D eigenvalue weighted by Crippen LogP contribution is -2.35. The van der Waals surface area contributed by atoms with Gasteiger partial charge in [-0.05, 0) is 31.2 Å². The fourth-order valence-electron chi connectivity index (χ4n) is 3.73. The molecule has 0 amide bonds. The summed E-state index contributed by atoms with van der Waals surface area (Å²) in [6.45, 7) is 2.08. The van der Waals surface area contributed by atoms with Crippen molar-refractivity contribution in [1.29, 1.82) is 5.26 Å². The van der Waals surface area contributed by atoms with Crippen LogP contribution < -0.4 is 19.1 Å². The fourth-order valence-corrected chi connectivity index (χ4v) is 4.04. The molecule has 150 valence electrons.